The molecule has 0 amide bonds. The lowest BCUT2D eigenvalue weighted by Crippen LogP contribution is -2.32. The van der Waals surface area contributed by atoms with Crippen LogP contribution in [0.15, 0.2) is 6.20 Å². The first-order valence-electron chi connectivity index (χ1n) is 6.51. The monoisotopic (exact) mass is 238 g/mol. The molecule has 98 valence electrons. The minimum atomic E-state index is 0.260. The van der Waals surface area contributed by atoms with Crippen LogP contribution < -0.4 is 5.32 Å². The molecule has 0 radical (unpaired) electrons. The van der Waals surface area contributed by atoms with E-state index in [0.29, 0.717) is 6.04 Å². The van der Waals surface area contributed by atoms with Crippen molar-refractivity contribution in [2.45, 2.75) is 53.0 Å². The molecule has 1 aromatic heterocycles. The van der Waals surface area contributed by atoms with E-state index in [1.807, 2.05) is 13.2 Å². The fourth-order valence-electron chi connectivity index (χ4n) is 2.33. The Balaban J connectivity index is 2.44. The third-order valence-corrected chi connectivity index (χ3v) is 2.91. The molecule has 0 aromatic carbocycles. The highest BCUT2D eigenvalue weighted by atomic mass is 15.4. The summed E-state index contributed by atoms with van der Waals surface area (Å²) in [6, 6.07) is 0.557. The zero-order valence-corrected chi connectivity index (χ0v) is 11.8. The van der Waals surface area contributed by atoms with E-state index >= 15 is 0 Å². The van der Waals surface area contributed by atoms with Gasteiger partial charge in [0.1, 0.15) is 0 Å². The highest BCUT2D eigenvalue weighted by molar-refractivity contribution is 4.97. The Morgan fingerprint density at radius 2 is 2.18 bits per heavy atom. The number of nitrogens with zero attached hydrogens (tertiary/aromatic N) is 3. The first kappa shape index (κ1) is 14.2. The average molecular weight is 238 g/mol. The molecular formula is C13H26N4. The molecule has 1 heterocycles. The van der Waals surface area contributed by atoms with Crippen molar-refractivity contribution in [3.8, 4) is 0 Å². The summed E-state index contributed by atoms with van der Waals surface area (Å²) < 4.78 is 1.77. The Hall–Kier alpha value is -0.900. The third kappa shape index (κ3) is 5.31. The molecular weight excluding hydrogens is 212 g/mol. The Bertz CT molecular complexity index is 330. The third-order valence-electron chi connectivity index (χ3n) is 2.91. The molecule has 0 aliphatic heterocycles. The molecule has 17 heavy (non-hydrogen) atoms. The number of aryl methyl sites for hydroxylation is 1. The van der Waals surface area contributed by atoms with Gasteiger partial charge < -0.3 is 5.32 Å². The van der Waals surface area contributed by atoms with Gasteiger partial charge >= 0.3 is 0 Å². The first-order valence-corrected chi connectivity index (χ1v) is 6.51. The molecule has 1 unspecified atom stereocenters. The van der Waals surface area contributed by atoms with Crippen molar-refractivity contribution in [2.75, 3.05) is 6.54 Å². The smallest absolute Gasteiger partial charge is 0.0832 e. The van der Waals surface area contributed by atoms with E-state index in [9.17, 15) is 0 Å². The van der Waals surface area contributed by atoms with Gasteiger partial charge in [-0.25, -0.2) is 0 Å². The van der Waals surface area contributed by atoms with E-state index in [0.717, 1.165) is 25.1 Å². The van der Waals surface area contributed by atoms with Gasteiger partial charge in [0.25, 0.3) is 0 Å². The second kappa shape index (κ2) is 6.15. The van der Waals surface area contributed by atoms with Gasteiger partial charge in [0, 0.05) is 19.3 Å². The van der Waals surface area contributed by atoms with Crippen molar-refractivity contribution in [2.24, 2.45) is 12.5 Å². The fraction of sp³-hybridized carbons (Fsp3) is 0.846. The summed E-state index contributed by atoms with van der Waals surface area (Å²) in [6.45, 7) is 10.2. The predicted molar refractivity (Wildman–Crippen MR) is 70.9 cm³/mol. The Labute approximate surface area is 105 Å². The maximum Gasteiger partial charge on any atom is 0.0832 e. The molecule has 0 saturated heterocycles. The zero-order chi connectivity index (χ0) is 12.9. The molecule has 1 aromatic rings. The molecule has 4 heteroatoms. The van der Waals surface area contributed by atoms with Gasteiger partial charge in [-0.1, -0.05) is 26.0 Å². The van der Waals surface area contributed by atoms with Crippen LogP contribution in [-0.4, -0.2) is 27.6 Å². The van der Waals surface area contributed by atoms with Crippen LogP contribution in [0.5, 0.6) is 0 Å². The SMILES string of the molecule is CCCNC(C)CC(C)(C)Cc1cn(C)nn1. The molecule has 0 fully saturated rings. The lowest BCUT2D eigenvalue weighted by molar-refractivity contribution is 0.284. The number of hydrogen-bond donors (Lipinski definition) is 1. The second-order valence-electron chi connectivity index (χ2n) is 5.78. The van der Waals surface area contributed by atoms with Gasteiger partial charge in [-0.2, -0.15) is 0 Å². The normalized spacial score (nSPS) is 13.9. The predicted octanol–water partition coefficient (Wildman–Crippen LogP) is 2.16. The van der Waals surface area contributed by atoms with Crippen LogP contribution in [0.3, 0.4) is 0 Å². The van der Waals surface area contributed by atoms with Gasteiger partial charge in [0.05, 0.1) is 5.69 Å². The fourth-order valence-corrected chi connectivity index (χ4v) is 2.33. The molecule has 1 atom stereocenters. The Kier molecular flexibility index (Phi) is 5.12. The molecule has 0 spiro atoms. The van der Waals surface area contributed by atoms with Gasteiger partial charge in [0.15, 0.2) is 0 Å². The summed E-state index contributed by atoms with van der Waals surface area (Å²) in [5.41, 5.74) is 1.34. The zero-order valence-electron chi connectivity index (χ0n) is 11.8. The summed E-state index contributed by atoms with van der Waals surface area (Å²) in [7, 11) is 1.91. The lowest BCUT2D eigenvalue weighted by atomic mass is 9.82. The summed E-state index contributed by atoms with van der Waals surface area (Å²) >= 11 is 0. The van der Waals surface area contributed by atoms with E-state index in [1.165, 1.54) is 6.42 Å². The van der Waals surface area contributed by atoms with Crippen LogP contribution in [0, 0.1) is 5.41 Å². The van der Waals surface area contributed by atoms with Crippen molar-refractivity contribution in [1.82, 2.24) is 20.3 Å². The first-order chi connectivity index (χ1) is 7.93. The Morgan fingerprint density at radius 1 is 1.47 bits per heavy atom. The molecule has 1 N–H and O–H groups in total. The number of rotatable bonds is 7. The maximum atomic E-state index is 4.16. The van der Waals surface area contributed by atoms with Gasteiger partial charge in [-0.05, 0) is 38.1 Å². The van der Waals surface area contributed by atoms with Crippen LogP contribution in [0.2, 0.25) is 0 Å². The summed E-state index contributed by atoms with van der Waals surface area (Å²) in [4.78, 5) is 0. The van der Waals surface area contributed by atoms with Crippen LogP contribution in [0.4, 0.5) is 0 Å². The molecule has 0 bridgehead atoms. The summed E-state index contributed by atoms with van der Waals surface area (Å²) in [6.07, 6.45) is 5.34. The van der Waals surface area contributed by atoms with Gasteiger partial charge in [0.2, 0.25) is 0 Å². The average Bonchev–Trinajstić information content (AvgIpc) is 2.59. The van der Waals surface area contributed by atoms with E-state index in [-0.39, 0.29) is 5.41 Å². The number of aromatic nitrogens is 3. The molecule has 0 aliphatic rings. The maximum absolute atomic E-state index is 4.16. The number of nitrogens with one attached hydrogen (secondary N) is 1. The molecule has 0 saturated carbocycles. The minimum absolute atomic E-state index is 0.260. The van der Waals surface area contributed by atoms with Crippen LogP contribution in [-0.2, 0) is 13.5 Å². The van der Waals surface area contributed by atoms with E-state index in [2.05, 4.69) is 43.3 Å². The van der Waals surface area contributed by atoms with E-state index < -0.39 is 0 Å². The van der Waals surface area contributed by atoms with Crippen LogP contribution in [0.25, 0.3) is 0 Å². The summed E-state index contributed by atoms with van der Waals surface area (Å²) in [5.74, 6) is 0. The van der Waals surface area contributed by atoms with Gasteiger partial charge in [-0.15, -0.1) is 5.10 Å². The Morgan fingerprint density at radius 3 is 2.71 bits per heavy atom. The van der Waals surface area contributed by atoms with E-state index in [4.69, 9.17) is 0 Å². The highest BCUT2D eigenvalue weighted by Gasteiger charge is 2.22. The van der Waals surface area contributed by atoms with Crippen LogP contribution >= 0.6 is 0 Å². The lowest BCUT2D eigenvalue weighted by Gasteiger charge is -2.27. The molecule has 0 aliphatic carbocycles. The van der Waals surface area contributed by atoms with Crippen molar-refractivity contribution < 1.29 is 0 Å². The standard InChI is InChI=1S/C13H26N4/c1-6-7-14-11(2)8-13(3,4)9-12-10-17(5)16-15-12/h10-11,14H,6-9H2,1-5H3. The topological polar surface area (TPSA) is 42.7 Å². The highest BCUT2D eigenvalue weighted by Crippen LogP contribution is 2.26. The molecule has 1 rings (SSSR count). The van der Waals surface area contributed by atoms with Gasteiger partial charge in [-0.3, -0.25) is 4.68 Å². The van der Waals surface area contributed by atoms with E-state index in [1.54, 1.807) is 4.68 Å². The van der Waals surface area contributed by atoms with Crippen molar-refractivity contribution in [3.63, 3.8) is 0 Å². The minimum Gasteiger partial charge on any atom is -0.314 e. The van der Waals surface area contributed by atoms with Crippen molar-refractivity contribution >= 4 is 0 Å². The van der Waals surface area contributed by atoms with Crippen molar-refractivity contribution in [1.29, 1.82) is 0 Å². The van der Waals surface area contributed by atoms with Crippen LogP contribution in [0.1, 0.15) is 46.2 Å². The number of hydrogen-bond acceptors (Lipinski definition) is 3. The largest absolute Gasteiger partial charge is 0.314 e. The quantitative estimate of drug-likeness (QED) is 0.791. The van der Waals surface area contributed by atoms with Crippen molar-refractivity contribution in [3.05, 3.63) is 11.9 Å². The second-order valence-corrected chi connectivity index (χ2v) is 5.78. The molecule has 4 nitrogen and oxygen atoms in total. The summed E-state index contributed by atoms with van der Waals surface area (Å²) in [5, 5.41) is 11.7.